The normalized spacial score (nSPS) is 10.7. The summed E-state index contributed by atoms with van der Waals surface area (Å²) in [5.41, 5.74) is 13.2. The van der Waals surface area contributed by atoms with E-state index in [-0.39, 0.29) is 11.9 Å². The number of aromatic nitrogens is 2. The highest BCUT2D eigenvalue weighted by atomic mass is 16.5. The van der Waals surface area contributed by atoms with Crippen LogP contribution in [0, 0.1) is 0 Å². The number of hydrogen-bond acceptors (Lipinski definition) is 10. The smallest absolute Gasteiger partial charge is 0.221 e. The molecule has 11 nitrogen and oxygen atoms in total. The molecule has 5 N–H and O–H groups in total. The van der Waals surface area contributed by atoms with E-state index in [0.717, 1.165) is 11.1 Å². The van der Waals surface area contributed by atoms with Crippen molar-refractivity contribution in [3.05, 3.63) is 29.5 Å². The number of ether oxygens (including phenoxy) is 5. The van der Waals surface area contributed by atoms with Crippen molar-refractivity contribution in [2.45, 2.75) is 32.6 Å². The molecule has 0 aliphatic carbocycles. The molecule has 1 aromatic heterocycles. The molecule has 2 rings (SSSR count). The first-order valence-corrected chi connectivity index (χ1v) is 11.6. The van der Waals surface area contributed by atoms with E-state index >= 15 is 0 Å². The molecule has 35 heavy (non-hydrogen) atoms. The minimum absolute atomic E-state index is 0.0103. The molecular formula is C24H37N5O6. The van der Waals surface area contributed by atoms with Crippen molar-refractivity contribution in [2.24, 2.45) is 0 Å². The van der Waals surface area contributed by atoms with Gasteiger partial charge in [-0.3, -0.25) is 4.79 Å². The van der Waals surface area contributed by atoms with Crippen molar-refractivity contribution in [1.29, 1.82) is 0 Å². The van der Waals surface area contributed by atoms with Crippen molar-refractivity contribution in [3.63, 3.8) is 0 Å². The number of methoxy groups -OCH3 is 2. The van der Waals surface area contributed by atoms with Crippen molar-refractivity contribution in [2.75, 3.05) is 65.3 Å². The molecule has 0 fully saturated rings. The number of amides is 1. The summed E-state index contributed by atoms with van der Waals surface area (Å²) in [6.07, 6.45) is 3.89. The van der Waals surface area contributed by atoms with Crippen molar-refractivity contribution >= 4 is 17.7 Å². The zero-order valence-corrected chi connectivity index (χ0v) is 20.8. The SMILES string of the molecule is CCOCCOCCNC(=O)CCCCOc1c(OC)cc(Cc2cnc(N)nc2N)cc1OC. The lowest BCUT2D eigenvalue weighted by Gasteiger charge is -2.16. The summed E-state index contributed by atoms with van der Waals surface area (Å²) < 4.78 is 27.5. The Morgan fingerprint density at radius 2 is 1.71 bits per heavy atom. The molecule has 1 aromatic carbocycles. The second kappa shape index (κ2) is 15.6. The molecule has 0 spiro atoms. The average Bonchev–Trinajstić information content (AvgIpc) is 2.85. The number of rotatable bonds is 17. The van der Waals surface area contributed by atoms with Gasteiger partial charge in [0.15, 0.2) is 11.5 Å². The molecule has 0 atom stereocenters. The Kier molecular flexibility index (Phi) is 12.4. The topological polar surface area (TPSA) is 153 Å². The number of hydrogen-bond donors (Lipinski definition) is 3. The summed E-state index contributed by atoms with van der Waals surface area (Å²) in [5.74, 6) is 2.03. The maximum Gasteiger partial charge on any atom is 0.221 e. The fourth-order valence-corrected chi connectivity index (χ4v) is 3.25. The van der Waals surface area contributed by atoms with Gasteiger partial charge < -0.3 is 40.5 Å². The molecule has 11 heteroatoms. The lowest BCUT2D eigenvalue weighted by molar-refractivity contribution is -0.121. The third-order valence-corrected chi connectivity index (χ3v) is 5.02. The predicted molar refractivity (Wildman–Crippen MR) is 133 cm³/mol. The van der Waals surface area contributed by atoms with Gasteiger partial charge in [-0.25, -0.2) is 4.98 Å². The number of nitrogens with one attached hydrogen (secondary N) is 1. The Labute approximate surface area is 206 Å². The Balaban J connectivity index is 1.79. The van der Waals surface area contributed by atoms with Gasteiger partial charge >= 0.3 is 0 Å². The van der Waals surface area contributed by atoms with Gasteiger partial charge in [0.2, 0.25) is 17.6 Å². The van der Waals surface area contributed by atoms with Crippen LogP contribution in [0.5, 0.6) is 17.2 Å². The molecule has 0 bridgehead atoms. The largest absolute Gasteiger partial charge is 0.493 e. The average molecular weight is 492 g/mol. The molecule has 0 saturated carbocycles. The molecule has 1 amide bonds. The van der Waals surface area contributed by atoms with Crippen LogP contribution in [0.15, 0.2) is 18.3 Å². The van der Waals surface area contributed by atoms with E-state index in [1.165, 1.54) is 0 Å². The zero-order chi connectivity index (χ0) is 25.5. The predicted octanol–water partition coefficient (Wildman–Crippen LogP) is 1.97. The monoisotopic (exact) mass is 491 g/mol. The van der Waals surface area contributed by atoms with E-state index in [0.29, 0.717) is 88.3 Å². The lowest BCUT2D eigenvalue weighted by Crippen LogP contribution is -2.27. The van der Waals surface area contributed by atoms with Crippen LogP contribution >= 0.6 is 0 Å². The summed E-state index contributed by atoms with van der Waals surface area (Å²) in [6.45, 7) is 5.06. The number of unbranched alkanes of at least 4 members (excludes halogenated alkanes) is 1. The number of carbonyl (C=O) groups is 1. The van der Waals surface area contributed by atoms with Gasteiger partial charge in [-0.05, 0) is 37.5 Å². The Morgan fingerprint density at radius 3 is 2.37 bits per heavy atom. The van der Waals surface area contributed by atoms with Crippen molar-refractivity contribution in [3.8, 4) is 17.2 Å². The van der Waals surface area contributed by atoms with E-state index in [4.69, 9.17) is 35.2 Å². The van der Waals surface area contributed by atoms with Crippen LogP contribution < -0.4 is 31.0 Å². The van der Waals surface area contributed by atoms with Gasteiger partial charge in [0.1, 0.15) is 5.82 Å². The van der Waals surface area contributed by atoms with Crippen molar-refractivity contribution < 1.29 is 28.5 Å². The fourth-order valence-electron chi connectivity index (χ4n) is 3.25. The van der Waals surface area contributed by atoms with Gasteiger partial charge in [0.05, 0.1) is 40.6 Å². The van der Waals surface area contributed by atoms with Gasteiger partial charge in [0.25, 0.3) is 0 Å². The molecule has 0 aliphatic heterocycles. The molecule has 0 unspecified atom stereocenters. The van der Waals surface area contributed by atoms with E-state index in [2.05, 4.69) is 15.3 Å². The first-order chi connectivity index (χ1) is 17.0. The Hall–Kier alpha value is -3.31. The van der Waals surface area contributed by atoms with E-state index in [1.807, 2.05) is 19.1 Å². The molecule has 1 heterocycles. The minimum Gasteiger partial charge on any atom is -0.493 e. The third kappa shape index (κ3) is 9.83. The van der Waals surface area contributed by atoms with Crippen LogP contribution in [0.2, 0.25) is 0 Å². The van der Waals surface area contributed by atoms with Crippen LogP contribution in [-0.2, 0) is 20.7 Å². The van der Waals surface area contributed by atoms with Crippen LogP contribution in [0.4, 0.5) is 11.8 Å². The highest BCUT2D eigenvalue weighted by molar-refractivity contribution is 5.75. The minimum atomic E-state index is -0.0103. The first kappa shape index (κ1) is 27.9. The van der Waals surface area contributed by atoms with Crippen LogP contribution in [0.1, 0.15) is 37.3 Å². The molecule has 0 aliphatic rings. The van der Waals surface area contributed by atoms with Crippen LogP contribution in [0.25, 0.3) is 0 Å². The molecule has 0 radical (unpaired) electrons. The van der Waals surface area contributed by atoms with E-state index < -0.39 is 0 Å². The van der Waals surface area contributed by atoms with Gasteiger partial charge in [-0.15, -0.1) is 0 Å². The standard InChI is InChI=1S/C24H37N5O6/c1-4-33-11-12-34-10-8-27-21(30)7-5-6-9-35-22-19(31-2)14-17(15-20(22)32-3)13-18-16-28-24(26)29-23(18)25/h14-16H,4-13H2,1-3H3,(H,27,30)(H4,25,26,28,29). The zero-order valence-electron chi connectivity index (χ0n) is 20.8. The van der Waals surface area contributed by atoms with Gasteiger partial charge in [0, 0.05) is 37.8 Å². The van der Waals surface area contributed by atoms with Gasteiger partial charge in [-0.1, -0.05) is 0 Å². The molecular weight excluding hydrogens is 454 g/mol. The van der Waals surface area contributed by atoms with Gasteiger partial charge in [-0.2, -0.15) is 4.98 Å². The first-order valence-electron chi connectivity index (χ1n) is 11.6. The van der Waals surface area contributed by atoms with Crippen molar-refractivity contribution in [1.82, 2.24) is 15.3 Å². The Morgan fingerprint density at radius 1 is 1.00 bits per heavy atom. The van der Waals surface area contributed by atoms with Crippen LogP contribution in [-0.4, -0.2) is 69.7 Å². The summed E-state index contributed by atoms with van der Waals surface area (Å²) >= 11 is 0. The van der Waals surface area contributed by atoms with E-state index in [1.54, 1.807) is 20.4 Å². The Bertz CT molecular complexity index is 902. The number of nitrogens with zero attached hydrogens (tertiary/aromatic N) is 2. The number of nitrogens with two attached hydrogens (primary N) is 2. The maximum atomic E-state index is 11.9. The highest BCUT2D eigenvalue weighted by Crippen LogP contribution is 2.39. The number of carbonyl (C=O) groups excluding carboxylic acids is 1. The quantitative estimate of drug-likeness (QED) is 0.280. The second-order valence-corrected chi connectivity index (χ2v) is 7.61. The number of benzene rings is 1. The summed E-state index contributed by atoms with van der Waals surface area (Å²) in [7, 11) is 3.13. The number of nitrogen functional groups attached to an aromatic ring is 2. The summed E-state index contributed by atoms with van der Waals surface area (Å²) in [5, 5.41) is 2.84. The highest BCUT2D eigenvalue weighted by Gasteiger charge is 2.16. The molecule has 2 aromatic rings. The molecule has 0 saturated heterocycles. The molecule has 194 valence electrons. The third-order valence-electron chi connectivity index (χ3n) is 5.02. The summed E-state index contributed by atoms with van der Waals surface area (Å²) in [4.78, 5) is 19.9. The van der Waals surface area contributed by atoms with E-state index in [9.17, 15) is 4.79 Å². The lowest BCUT2D eigenvalue weighted by atomic mass is 10.1. The second-order valence-electron chi connectivity index (χ2n) is 7.61. The summed E-state index contributed by atoms with van der Waals surface area (Å²) in [6, 6.07) is 3.72. The maximum absolute atomic E-state index is 11.9. The number of anilines is 2. The van der Waals surface area contributed by atoms with Crippen LogP contribution in [0.3, 0.4) is 0 Å². The fraction of sp³-hybridized carbons (Fsp3) is 0.542.